The first-order valence-electron chi connectivity index (χ1n) is 7.31. The maximum absolute atomic E-state index is 14.2. The van der Waals surface area contributed by atoms with Gasteiger partial charge in [0.25, 0.3) is 6.43 Å². The van der Waals surface area contributed by atoms with Gasteiger partial charge in [-0.05, 0) is 24.3 Å². The molecule has 1 aromatic heterocycles. The number of hydrogen-bond donors (Lipinski definition) is 1. The van der Waals surface area contributed by atoms with E-state index in [2.05, 4.69) is 9.97 Å². The molecule has 1 heterocycles. The SMILES string of the molecule is CS(=O)(=O)c1ccc(-c2[nH]c(C(F)F)nc2-c2cccc(F)c2)cc1F. The Morgan fingerprint density at radius 1 is 1.04 bits per heavy atom. The molecule has 9 heteroatoms. The van der Waals surface area contributed by atoms with E-state index in [1.807, 2.05) is 0 Å². The third-order valence-corrected chi connectivity index (χ3v) is 4.78. The van der Waals surface area contributed by atoms with Crippen LogP contribution in [0.1, 0.15) is 12.2 Å². The number of hydrogen-bond acceptors (Lipinski definition) is 3. The first kappa shape index (κ1) is 18.1. The number of aromatic amines is 1. The molecule has 0 saturated heterocycles. The van der Waals surface area contributed by atoms with E-state index in [1.54, 1.807) is 0 Å². The number of alkyl halides is 2. The molecular weight excluding hydrogens is 372 g/mol. The van der Waals surface area contributed by atoms with Crippen LogP contribution < -0.4 is 0 Å². The normalized spacial score (nSPS) is 11.9. The van der Waals surface area contributed by atoms with Gasteiger partial charge in [-0.25, -0.2) is 31.0 Å². The van der Waals surface area contributed by atoms with Crippen molar-refractivity contribution in [2.45, 2.75) is 11.3 Å². The lowest BCUT2D eigenvalue weighted by atomic mass is 10.0. The quantitative estimate of drug-likeness (QED) is 0.680. The molecule has 1 N–H and O–H groups in total. The van der Waals surface area contributed by atoms with Crippen molar-refractivity contribution < 1.29 is 26.0 Å². The maximum atomic E-state index is 14.2. The lowest BCUT2D eigenvalue weighted by Crippen LogP contribution is -2.00. The molecular formula is C17H12F4N2O2S. The van der Waals surface area contributed by atoms with Gasteiger partial charge >= 0.3 is 0 Å². The summed E-state index contributed by atoms with van der Waals surface area (Å²) in [5.41, 5.74) is 0.362. The van der Waals surface area contributed by atoms with Crippen LogP contribution in [0.4, 0.5) is 17.6 Å². The molecule has 4 nitrogen and oxygen atoms in total. The van der Waals surface area contributed by atoms with Crippen LogP contribution in [0.25, 0.3) is 22.5 Å². The van der Waals surface area contributed by atoms with Crippen LogP contribution in [0.5, 0.6) is 0 Å². The standard InChI is InChI=1S/C17H12F4N2O2S/c1-26(24,25)13-6-5-10(8-12(13)19)15-14(22-17(23-15)16(20)21)9-3-2-4-11(18)7-9/h2-8,16H,1H3,(H,22,23). The van der Waals surface area contributed by atoms with Gasteiger partial charge in [0.2, 0.25) is 0 Å². The minimum Gasteiger partial charge on any atom is -0.337 e. The van der Waals surface area contributed by atoms with E-state index in [0.717, 1.165) is 24.5 Å². The highest BCUT2D eigenvalue weighted by Gasteiger charge is 2.21. The van der Waals surface area contributed by atoms with E-state index in [1.165, 1.54) is 24.3 Å². The van der Waals surface area contributed by atoms with Gasteiger partial charge in [-0.15, -0.1) is 0 Å². The van der Waals surface area contributed by atoms with Crippen molar-refractivity contribution in [3.05, 3.63) is 59.9 Å². The molecule has 0 atom stereocenters. The monoisotopic (exact) mass is 384 g/mol. The molecule has 0 saturated carbocycles. The summed E-state index contributed by atoms with van der Waals surface area (Å²) < 4.78 is 76.8. The second-order valence-corrected chi connectivity index (χ2v) is 7.56. The van der Waals surface area contributed by atoms with Crippen LogP contribution in [0.15, 0.2) is 47.4 Å². The lowest BCUT2D eigenvalue weighted by molar-refractivity contribution is 0.141. The molecule has 0 bridgehead atoms. The van der Waals surface area contributed by atoms with Crippen molar-refractivity contribution in [2.75, 3.05) is 6.26 Å². The fourth-order valence-corrected chi connectivity index (χ4v) is 3.23. The molecule has 0 unspecified atom stereocenters. The van der Waals surface area contributed by atoms with Gasteiger partial charge < -0.3 is 4.98 Å². The predicted octanol–water partition coefficient (Wildman–Crippen LogP) is 4.36. The Bertz CT molecular complexity index is 1080. The number of rotatable bonds is 4. The van der Waals surface area contributed by atoms with Gasteiger partial charge in [0.1, 0.15) is 16.5 Å². The molecule has 0 fully saturated rings. The second-order valence-electron chi connectivity index (χ2n) is 5.57. The highest BCUT2D eigenvalue weighted by molar-refractivity contribution is 7.90. The Hall–Kier alpha value is -2.68. The minimum absolute atomic E-state index is 0.00584. The number of sulfone groups is 1. The van der Waals surface area contributed by atoms with E-state index < -0.39 is 38.6 Å². The summed E-state index contributed by atoms with van der Waals surface area (Å²) >= 11 is 0. The van der Waals surface area contributed by atoms with Gasteiger partial charge in [0.05, 0.1) is 11.4 Å². The lowest BCUT2D eigenvalue weighted by Gasteiger charge is -2.06. The van der Waals surface area contributed by atoms with E-state index in [0.29, 0.717) is 0 Å². The Morgan fingerprint density at radius 3 is 2.35 bits per heavy atom. The van der Waals surface area contributed by atoms with Crippen LogP contribution in [0, 0.1) is 11.6 Å². The Morgan fingerprint density at radius 2 is 1.77 bits per heavy atom. The van der Waals surface area contributed by atoms with Gasteiger partial charge in [0, 0.05) is 17.4 Å². The first-order valence-corrected chi connectivity index (χ1v) is 9.20. The molecule has 0 aliphatic heterocycles. The van der Waals surface area contributed by atoms with Crippen LogP contribution in [0.3, 0.4) is 0 Å². The van der Waals surface area contributed by atoms with Crippen molar-refractivity contribution in [3.8, 4) is 22.5 Å². The molecule has 3 aromatic rings. The summed E-state index contributed by atoms with van der Waals surface area (Å²) in [6.45, 7) is 0. The number of imidazole rings is 1. The average molecular weight is 384 g/mol. The van der Waals surface area contributed by atoms with E-state index in [9.17, 15) is 26.0 Å². The van der Waals surface area contributed by atoms with Crippen LogP contribution in [-0.4, -0.2) is 24.6 Å². The van der Waals surface area contributed by atoms with Gasteiger partial charge in [-0.3, -0.25) is 0 Å². The zero-order valence-corrected chi connectivity index (χ0v) is 14.1. The molecule has 2 aromatic carbocycles. The van der Waals surface area contributed by atoms with Gasteiger partial charge in [0.15, 0.2) is 15.7 Å². The van der Waals surface area contributed by atoms with Crippen molar-refractivity contribution in [2.24, 2.45) is 0 Å². The summed E-state index contributed by atoms with van der Waals surface area (Å²) in [5, 5.41) is 0. The molecule has 3 rings (SSSR count). The van der Waals surface area contributed by atoms with Crippen LogP contribution >= 0.6 is 0 Å². The summed E-state index contributed by atoms with van der Waals surface area (Å²) in [6, 6.07) is 8.36. The third-order valence-electron chi connectivity index (χ3n) is 3.65. The smallest absolute Gasteiger partial charge is 0.295 e. The molecule has 0 radical (unpaired) electrons. The average Bonchev–Trinajstić information content (AvgIpc) is 2.99. The Kier molecular flexibility index (Phi) is 4.57. The fraction of sp³-hybridized carbons (Fsp3) is 0.118. The predicted molar refractivity (Wildman–Crippen MR) is 87.4 cm³/mol. The van der Waals surface area contributed by atoms with E-state index in [4.69, 9.17) is 0 Å². The number of benzene rings is 2. The van der Waals surface area contributed by atoms with E-state index in [-0.39, 0.29) is 22.5 Å². The number of nitrogens with zero attached hydrogens (tertiary/aromatic N) is 1. The molecule has 0 amide bonds. The Labute approximate surface area is 146 Å². The highest BCUT2D eigenvalue weighted by atomic mass is 32.2. The number of halogens is 4. The summed E-state index contributed by atoms with van der Waals surface area (Å²) in [6.07, 6.45) is -2.06. The van der Waals surface area contributed by atoms with Crippen molar-refractivity contribution in [1.82, 2.24) is 9.97 Å². The zero-order chi connectivity index (χ0) is 19.1. The van der Waals surface area contributed by atoms with Crippen molar-refractivity contribution in [1.29, 1.82) is 0 Å². The first-order chi connectivity index (χ1) is 12.2. The van der Waals surface area contributed by atoms with Crippen LogP contribution in [-0.2, 0) is 9.84 Å². The van der Waals surface area contributed by atoms with Crippen molar-refractivity contribution >= 4 is 9.84 Å². The van der Waals surface area contributed by atoms with Crippen molar-refractivity contribution in [3.63, 3.8) is 0 Å². The topological polar surface area (TPSA) is 62.8 Å². The highest BCUT2D eigenvalue weighted by Crippen LogP contribution is 2.34. The molecule has 26 heavy (non-hydrogen) atoms. The third kappa shape index (κ3) is 3.48. The summed E-state index contributed by atoms with van der Waals surface area (Å²) in [4.78, 5) is 5.67. The number of H-pyrrole nitrogens is 1. The Balaban J connectivity index is 2.20. The molecule has 136 valence electrons. The molecule has 0 aliphatic carbocycles. The van der Waals surface area contributed by atoms with Gasteiger partial charge in [-0.1, -0.05) is 18.2 Å². The minimum atomic E-state index is -3.78. The summed E-state index contributed by atoms with van der Waals surface area (Å²) in [7, 11) is -3.78. The number of aromatic nitrogens is 2. The largest absolute Gasteiger partial charge is 0.337 e. The number of nitrogens with one attached hydrogen (secondary N) is 1. The van der Waals surface area contributed by atoms with Crippen LogP contribution in [0.2, 0.25) is 0 Å². The maximum Gasteiger partial charge on any atom is 0.295 e. The van der Waals surface area contributed by atoms with E-state index >= 15 is 0 Å². The zero-order valence-electron chi connectivity index (χ0n) is 13.3. The summed E-state index contributed by atoms with van der Waals surface area (Å²) in [5.74, 6) is -2.27. The molecule has 0 aliphatic rings. The van der Waals surface area contributed by atoms with Gasteiger partial charge in [-0.2, -0.15) is 0 Å². The fourth-order valence-electron chi connectivity index (χ4n) is 2.51. The molecule has 0 spiro atoms. The second kappa shape index (κ2) is 6.56.